The standard InChI is InChI=1S/C11H6Cl2O4/c1-16-11(15)6-4-8(14)17-10-5(6)2-3-7(12)9(10)13/h2-4H,1H3. The molecule has 17 heavy (non-hydrogen) atoms. The van der Waals surface area contributed by atoms with Crippen molar-refractivity contribution in [1.82, 2.24) is 0 Å². The molecule has 0 amide bonds. The van der Waals surface area contributed by atoms with Crippen molar-refractivity contribution in [2.75, 3.05) is 7.11 Å². The Morgan fingerprint density at radius 1 is 1.35 bits per heavy atom. The number of esters is 1. The Kier molecular flexibility index (Phi) is 3.09. The van der Waals surface area contributed by atoms with Gasteiger partial charge in [0, 0.05) is 11.5 Å². The number of ether oxygens (including phenoxy) is 1. The van der Waals surface area contributed by atoms with Crippen LogP contribution in [0.2, 0.25) is 10.0 Å². The van der Waals surface area contributed by atoms with Crippen molar-refractivity contribution >= 4 is 40.1 Å². The zero-order chi connectivity index (χ0) is 12.6. The molecule has 0 aliphatic rings. The lowest BCUT2D eigenvalue weighted by molar-refractivity contribution is 0.0602. The summed E-state index contributed by atoms with van der Waals surface area (Å²) in [5.74, 6) is -0.638. The van der Waals surface area contributed by atoms with Gasteiger partial charge in [0.15, 0.2) is 5.58 Å². The Morgan fingerprint density at radius 3 is 2.71 bits per heavy atom. The molecule has 0 spiro atoms. The normalized spacial score (nSPS) is 10.5. The van der Waals surface area contributed by atoms with E-state index < -0.39 is 11.6 Å². The molecule has 1 aromatic heterocycles. The second-order valence-corrected chi connectivity index (χ2v) is 3.99. The molecular weight excluding hydrogens is 267 g/mol. The molecule has 1 heterocycles. The van der Waals surface area contributed by atoms with Crippen LogP contribution >= 0.6 is 23.2 Å². The highest BCUT2D eigenvalue weighted by Gasteiger charge is 2.16. The molecule has 2 rings (SSSR count). The fourth-order valence-electron chi connectivity index (χ4n) is 1.45. The van der Waals surface area contributed by atoms with Crippen LogP contribution in [0.3, 0.4) is 0 Å². The first-order valence-corrected chi connectivity index (χ1v) is 5.30. The van der Waals surface area contributed by atoms with Crippen molar-refractivity contribution in [1.29, 1.82) is 0 Å². The molecule has 88 valence electrons. The number of halogens is 2. The van der Waals surface area contributed by atoms with Crippen molar-refractivity contribution in [2.45, 2.75) is 0 Å². The van der Waals surface area contributed by atoms with Crippen molar-refractivity contribution < 1.29 is 13.9 Å². The summed E-state index contributed by atoms with van der Waals surface area (Å²) in [6, 6.07) is 4.11. The van der Waals surface area contributed by atoms with Gasteiger partial charge in [0.05, 0.1) is 17.7 Å². The molecule has 0 fully saturated rings. The lowest BCUT2D eigenvalue weighted by atomic mass is 10.1. The summed E-state index contributed by atoms with van der Waals surface area (Å²) in [5.41, 5.74) is -0.522. The maximum absolute atomic E-state index is 11.5. The first-order valence-electron chi connectivity index (χ1n) is 4.54. The summed E-state index contributed by atoms with van der Waals surface area (Å²) < 4.78 is 9.50. The summed E-state index contributed by atoms with van der Waals surface area (Å²) in [4.78, 5) is 22.8. The van der Waals surface area contributed by atoms with E-state index in [0.717, 1.165) is 6.07 Å². The fraction of sp³-hybridized carbons (Fsp3) is 0.0909. The molecule has 0 radical (unpaired) electrons. The van der Waals surface area contributed by atoms with Crippen LogP contribution in [0.25, 0.3) is 11.0 Å². The van der Waals surface area contributed by atoms with Gasteiger partial charge < -0.3 is 9.15 Å². The monoisotopic (exact) mass is 272 g/mol. The molecule has 0 N–H and O–H groups in total. The SMILES string of the molecule is COC(=O)c1cc(=O)oc2c(Cl)c(Cl)ccc12. The van der Waals surface area contributed by atoms with Gasteiger partial charge in [0.25, 0.3) is 0 Å². The topological polar surface area (TPSA) is 56.5 Å². The van der Waals surface area contributed by atoms with E-state index in [2.05, 4.69) is 4.74 Å². The number of carbonyl (C=O) groups excluding carboxylic acids is 1. The number of hydrogen-bond acceptors (Lipinski definition) is 4. The van der Waals surface area contributed by atoms with Crippen LogP contribution in [-0.2, 0) is 4.74 Å². The first-order chi connectivity index (χ1) is 8.04. The highest BCUT2D eigenvalue weighted by Crippen LogP contribution is 2.31. The van der Waals surface area contributed by atoms with Crippen molar-refractivity contribution in [3.63, 3.8) is 0 Å². The van der Waals surface area contributed by atoms with Crippen LogP contribution in [-0.4, -0.2) is 13.1 Å². The number of carbonyl (C=O) groups is 1. The van der Waals surface area contributed by atoms with E-state index >= 15 is 0 Å². The predicted octanol–water partition coefficient (Wildman–Crippen LogP) is 2.89. The van der Waals surface area contributed by atoms with Gasteiger partial charge in [0.2, 0.25) is 0 Å². The summed E-state index contributed by atoms with van der Waals surface area (Å²) >= 11 is 11.7. The molecule has 6 heteroatoms. The number of hydrogen-bond donors (Lipinski definition) is 0. The van der Waals surface area contributed by atoms with Crippen LogP contribution in [0.1, 0.15) is 10.4 Å². The maximum atomic E-state index is 11.5. The highest BCUT2D eigenvalue weighted by atomic mass is 35.5. The van der Waals surface area contributed by atoms with Gasteiger partial charge in [-0.25, -0.2) is 9.59 Å². The minimum atomic E-state index is -0.693. The van der Waals surface area contributed by atoms with Gasteiger partial charge in [0.1, 0.15) is 5.02 Å². The largest absolute Gasteiger partial charge is 0.465 e. The third kappa shape index (κ3) is 2.01. The van der Waals surface area contributed by atoms with E-state index in [1.807, 2.05) is 0 Å². The van der Waals surface area contributed by atoms with E-state index in [4.69, 9.17) is 27.6 Å². The number of methoxy groups -OCH3 is 1. The van der Waals surface area contributed by atoms with Gasteiger partial charge in [-0.05, 0) is 12.1 Å². The lowest BCUT2D eigenvalue weighted by Gasteiger charge is -2.05. The quantitative estimate of drug-likeness (QED) is 0.592. The van der Waals surface area contributed by atoms with Crippen LogP contribution in [0.15, 0.2) is 27.4 Å². The molecule has 2 aromatic rings. The zero-order valence-corrected chi connectivity index (χ0v) is 10.1. The van der Waals surface area contributed by atoms with Gasteiger partial charge >= 0.3 is 11.6 Å². The van der Waals surface area contributed by atoms with Crippen LogP contribution in [0, 0.1) is 0 Å². The number of fused-ring (bicyclic) bond motifs is 1. The average Bonchev–Trinajstić information content (AvgIpc) is 2.32. The molecule has 0 saturated heterocycles. The third-order valence-electron chi connectivity index (χ3n) is 2.21. The second kappa shape index (κ2) is 4.39. The highest BCUT2D eigenvalue weighted by molar-refractivity contribution is 6.45. The summed E-state index contributed by atoms with van der Waals surface area (Å²) in [5, 5.41) is 0.710. The molecule has 0 atom stereocenters. The van der Waals surface area contributed by atoms with E-state index in [-0.39, 0.29) is 21.2 Å². The Balaban J connectivity index is 2.91. The van der Waals surface area contributed by atoms with Crippen LogP contribution in [0.4, 0.5) is 0 Å². The van der Waals surface area contributed by atoms with Crippen molar-refractivity contribution in [3.05, 3.63) is 44.2 Å². The van der Waals surface area contributed by atoms with Gasteiger partial charge in [-0.15, -0.1) is 0 Å². The molecule has 0 unspecified atom stereocenters. The molecule has 0 saturated carbocycles. The summed E-state index contributed by atoms with van der Waals surface area (Å²) in [6.45, 7) is 0. The van der Waals surface area contributed by atoms with Crippen molar-refractivity contribution in [2.24, 2.45) is 0 Å². The molecule has 4 nitrogen and oxygen atoms in total. The molecule has 0 aliphatic carbocycles. The third-order valence-corrected chi connectivity index (χ3v) is 3.00. The molecular formula is C11H6Cl2O4. The minimum absolute atomic E-state index is 0.0760. The van der Waals surface area contributed by atoms with Gasteiger partial charge in [-0.3, -0.25) is 0 Å². The predicted molar refractivity (Wildman–Crippen MR) is 63.8 cm³/mol. The van der Waals surface area contributed by atoms with E-state index in [1.54, 1.807) is 6.07 Å². The Hall–Kier alpha value is -1.52. The Morgan fingerprint density at radius 2 is 2.06 bits per heavy atom. The fourth-order valence-corrected chi connectivity index (χ4v) is 1.80. The van der Waals surface area contributed by atoms with Gasteiger partial charge in [-0.1, -0.05) is 23.2 Å². The van der Waals surface area contributed by atoms with E-state index in [1.165, 1.54) is 13.2 Å². The van der Waals surface area contributed by atoms with Gasteiger partial charge in [-0.2, -0.15) is 0 Å². The van der Waals surface area contributed by atoms with Crippen molar-refractivity contribution in [3.8, 4) is 0 Å². The zero-order valence-electron chi connectivity index (χ0n) is 8.62. The maximum Gasteiger partial charge on any atom is 0.338 e. The summed E-state index contributed by atoms with van der Waals surface area (Å²) in [6.07, 6.45) is 0. The molecule has 1 aromatic carbocycles. The molecule has 0 aliphatic heterocycles. The number of benzene rings is 1. The first kappa shape index (κ1) is 12.0. The van der Waals surface area contributed by atoms with Crippen LogP contribution < -0.4 is 5.63 Å². The molecule has 0 bridgehead atoms. The number of rotatable bonds is 1. The summed E-state index contributed by atoms with van der Waals surface area (Å²) in [7, 11) is 1.22. The van der Waals surface area contributed by atoms with Crippen LogP contribution in [0.5, 0.6) is 0 Å². The minimum Gasteiger partial charge on any atom is -0.465 e. The Labute approximate surface area is 106 Å². The van der Waals surface area contributed by atoms with E-state index in [0.29, 0.717) is 5.39 Å². The smallest absolute Gasteiger partial charge is 0.338 e. The average molecular weight is 273 g/mol. The second-order valence-electron chi connectivity index (χ2n) is 3.21. The lowest BCUT2D eigenvalue weighted by Crippen LogP contribution is -2.08. The van der Waals surface area contributed by atoms with E-state index in [9.17, 15) is 9.59 Å². The Bertz CT molecular complexity index is 660.